The van der Waals surface area contributed by atoms with Crippen molar-refractivity contribution in [1.82, 2.24) is 10.2 Å². The fraction of sp³-hybridized carbons (Fsp3) is 0.105. The SMILES string of the molecule is NS(=O)(=O)c1ccc(CCNc2nnc(NC(=O)/C=C/c3ccccc3Cl)s2)cc1. The van der Waals surface area contributed by atoms with Gasteiger partial charge in [0.15, 0.2) is 0 Å². The van der Waals surface area contributed by atoms with E-state index < -0.39 is 10.0 Å². The van der Waals surface area contributed by atoms with Crippen LogP contribution in [0, 0.1) is 0 Å². The summed E-state index contributed by atoms with van der Waals surface area (Å²) in [6.45, 7) is 0.559. The number of sulfonamides is 1. The lowest BCUT2D eigenvalue weighted by molar-refractivity contribution is -0.111. The van der Waals surface area contributed by atoms with E-state index in [1.165, 1.54) is 29.5 Å². The number of carbonyl (C=O) groups excluding carboxylic acids is 1. The number of nitrogens with two attached hydrogens (primary N) is 1. The maximum absolute atomic E-state index is 12.0. The predicted octanol–water partition coefficient (Wildman–Crippen LogP) is 3.15. The third kappa shape index (κ3) is 6.36. The van der Waals surface area contributed by atoms with E-state index in [1.54, 1.807) is 24.3 Å². The molecule has 3 aromatic rings. The molecule has 0 bridgehead atoms. The Bertz CT molecular complexity index is 1160. The van der Waals surface area contributed by atoms with Crippen LogP contribution in [-0.2, 0) is 21.2 Å². The van der Waals surface area contributed by atoms with Gasteiger partial charge in [0.25, 0.3) is 0 Å². The van der Waals surface area contributed by atoms with E-state index in [9.17, 15) is 13.2 Å². The van der Waals surface area contributed by atoms with Crippen LogP contribution in [-0.4, -0.2) is 31.1 Å². The van der Waals surface area contributed by atoms with E-state index in [-0.39, 0.29) is 10.8 Å². The number of hydrogen-bond donors (Lipinski definition) is 3. The van der Waals surface area contributed by atoms with Gasteiger partial charge in [-0.3, -0.25) is 10.1 Å². The summed E-state index contributed by atoms with van der Waals surface area (Å²) >= 11 is 7.25. The number of halogens is 1. The van der Waals surface area contributed by atoms with Crippen LogP contribution in [0.5, 0.6) is 0 Å². The van der Waals surface area contributed by atoms with E-state index in [0.717, 1.165) is 11.1 Å². The van der Waals surface area contributed by atoms with Crippen molar-refractivity contribution < 1.29 is 13.2 Å². The molecule has 0 saturated carbocycles. The Morgan fingerprint density at radius 1 is 1.10 bits per heavy atom. The summed E-state index contributed by atoms with van der Waals surface area (Å²) in [5.74, 6) is -0.340. The number of nitrogens with one attached hydrogen (secondary N) is 2. The number of amides is 1. The second-order valence-electron chi connectivity index (χ2n) is 6.12. The van der Waals surface area contributed by atoms with Gasteiger partial charge >= 0.3 is 0 Å². The van der Waals surface area contributed by atoms with Gasteiger partial charge in [0.2, 0.25) is 26.2 Å². The first kappa shape index (κ1) is 21.9. The van der Waals surface area contributed by atoms with E-state index in [2.05, 4.69) is 20.8 Å². The highest BCUT2D eigenvalue weighted by atomic mass is 35.5. The summed E-state index contributed by atoms with van der Waals surface area (Å²) in [6, 6.07) is 13.6. The van der Waals surface area contributed by atoms with Gasteiger partial charge in [-0.25, -0.2) is 13.6 Å². The Kier molecular flexibility index (Phi) is 7.16. The Morgan fingerprint density at radius 3 is 2.50 bits per heavy atom. The van der Waals surface area contributed by atoms with Crippen molar-refractivity contribution in [2.45, 2.75) is 11.3 Å². The van der Waals surface area contributed by atoms with Crippen molar-refractivity contribution in [3.05, 3.63) is 70.8 Å². The van der Waals surface area contributed by atoms with Gasteiger partial charge in [-0.1, -0.05) is 53.3 Å². The average Bonchev–Trinajstić information content (AvgIpc) is 3.14. The van der Waals surface area contributed by atoms with Crippen molar-refractivity contribution in [3.8, 4) is 0 Å². The lowest BCUT2D eigenvalue weighted by Gasteiger charge is -2.04. The second kappa shape index (κ2) is 9.81. The third-order valence-corrected chi connectivity index (χ3v) is 5.99. The molecule has 1 aromatic heterocycles. The molecule has 0 spiro atoms. The van der Waals surface area contributed by atoms with Crippen LogP contribution in [0.25, 0.3) is 6.08 Å². The summed E-state index contributed by atoms with van der Waals surface area (Å²) in [5, 5.41) is 20.2. The molecule has 1 heterocycles. The van der Waals surface area contributed by atoms with E-state index in [1.807, 2.05) is 18.2 Å². The fourth-order valence-electron chi connectivity index (χ4n) is 2.43. The van der Waals surface area contributed by atoms with Crippen LogP contribution < -0.4 is 15.8 Å². The fourth-order valence-corrected chi connectivity index (χ4v) is 3.81. The third-order valence-electron chi connectivity index (χ3n) is 3.92. The smallest absolute Gasteiger partial charge is 0.250 e. The summed E-state index contributed by atoms with van der Waals surface area (Å²) in [4.78, 5) is 12.1. The van der Waals surface area contributed by atoms with Crippen molar-refractivity contribution in [2.75, 3.05) is 17.2 Å². The molecule has 156 valence electrons. The highest BCUT2D eigenvalue weighted by molar-refractivity contribution is 7.89. The number of aromatic nitrogens is 2. The van der Waals surface area contributed by atoms with Crippen LogP contribution in [0.3, 0.4) is 0 Å². The van der Waals surface area contributed by atoms with Crippen molar-refractivity contribution >= 4 is 55.2 Å². The topological polar surface area (TPSA) is 127 Å². The lowest BCUT2D eigenvalue weighted by Crippen LogP contribution is -2.12. The molecule has 8 nitrogen and oxygen atoms in total. The van der Waals surface area contributed by atoms with Crippen LogP contribution in [0.1, 0.15) is 11.1 Å². The van der Waals surface area contributed by atoms with Gasteiger partial charge in [-0.2, -0.15) is 0 Å². The maximum Gasteiger partial charge on any atom is 0.250 e. The van der Waals surface area contributed by atoms with Gasteiger partial charge in [0.05, 0.1) is 4.90 Å². The molecule has 1 amide bonds. The molecule has 0 aliphatic heterocycles. The van der Waals surface area contributed by atoms with Crippen molar-refractivity contribution in [1.29, 1.82) is 0 Å². The first-order chi connectivity index (χ1) is 14.3. The number of nitrogens with zero attached hydrogens (tertiary/aromatic N) is 2. The largest absolute Gasteiger partial charge is 0.360 e. The summed E-state index contributed by atoms with van der Waals surface area (Å²) < 4.78 is 22.5. The molecule has 2 aromatic carbocycles. The zero-order valence-corrected chi connectivity index (χ0v) is 18.0. The number of hydrogen-bond acceptors (Lipinski definition) is 7. The zero-order valence-electron chi connectivity index (χ0n) is 15.6. The summed E-state index contributed by atoms with van der Waals surface area (Å²) in [6.07, 6.45) is 3.65. The van der Waals surface area contributed by atoms with E-state index >= 15 is 0 Å². The number of carbonyl (C=O) groups is 1. The Labute approximate surface area is 182 Å². The molecule has 0 aliphatic rings. The molecule has 0 aliphatic carbocycles. The zero-order chi connectivity index (χ0) is 21.6. The van der Waals surface area contributed by atoms with Gasteiger partial charge < -0.3 is 5.32 Å². The van der Waals surface area contributed by atoms with Crippen LogP contribution in [0.2, 0.25) is 5.02 Å². The lowest BCUT2D eigenvalue weighted by atomic mass is 10.1. The standard InChI is InChI=1S/C19H18ClN5O3S2/c20-16-4-2-1-3-14(16)7-10-17(26)23-19-25-24-18(29-19)22-12-11-13-5-8-15(9-6-13)30(21,27)28/h1-10H,11-12H2,(H,22,24)(H2,21,27,28)(H,23,25,26)/b10-7+. The number of primary sulfonamides is 1. The quantitative estimate of drug-likeness (QED) is 0.440. The maximum atomic E-state index is 12.0. The van der Waals surface area contributed by atoms with Crippen molar-refractivity contribution in [2.24, 2.45) is 5.14 Å². The molecule has 0 unspecified atom stereocenters. The number of anilines is 2. The van der Waals surface area contributed by atoms with E-state index in [4.69, 9.17) is 16.7 Å². The molecule has 4 N–H and O–H groups in total. The minimum Gasteiger partial charge on any atom is -0.360 e. The first-order valence-electron chi connectivity index (χ1n) is 8.74. The molecule has 30 heavy (non-hydrogen) atoms. The normalized spacial score (nSPS) is 11.5. The number of rotatable bonds is 8. The molecule has 0 saturated heterocycles. The summed E-state index contributed by atoms with van der Waals surface area (Å²) in [5.41, 5.74) is 1.68. The molecular formula is C19H18ClN5O3S2. The molecule has 11 heteroatoms. The molecule has 3 rings (SSSR count). The van der Waals surface area contributed by atoms with Crippen LogP contribution in [0.15, 0.2) is 59.5 Å². The average molecular weight is 464 g/mol. The van der Waals surface area contributed by atoms with E-state index in [0.29, 0.717) is 28.3 Å². The van der Waals surface area contributed by atoms with Crippen molar-refractivity contribution in [3.63, 3.8) is 0 Å². The minimum atomic E-state index is -3.69. The van der Waals surface area contributed by atoms with Gasteiger partial charge in [0, 0.05) is 17.6 Å². The predicted molar refractivity (Wildman–Crippen MR) is 119 cm³/mol. The minimum absolute atomic E-state index is 0.0762. The first-order valence-corrected chi connectivity index (χ1v) is 11.5. The molecule has 0 radical (unpaired) electrons. The Morgan fingerprint density at radius 2 is 1.80 bits per heavy atom. The Balaban J connectivity index is 1.48. The second-order valence-corrected chi connectivity index (χ2v) is 9.07. The van der Waals surface area contributed by atoms with Gasteiger partial charge in [-0.05, 0) is 41.8 Å². The Hall–Kier alpha value is -2.79. The highest BCUT2D eigenvalue weighted by Gasteiger charge is 2.08. The summed E-state index contributed by atoms with van der Waals surface area (Å²) in [7, 11) is -3.69. The highest BCUT2D eigenvalue weighted by Crippen LogP contribution is 2.20. The van der Waals surface area contributed by atoms with Crippen LogP contribution >= 0.6 is 22.9 Å². The molecule has 0 fully saturated rings. The van der Waals surface area contributed by atoms with Gasteiger partial charge in [-0.15, -0.1) is 10.2 Å². The monoisotopic (exact) mass is 463 g/mol. The number of benzene rings is 2. The molecule has 0 atom stereocenters. The van der Waals surface area contributed by atoms with Crippen LogP contribution in [0.4, 0.5) is 10.3 Å². The molecular weight excluding hydrogens is 446 g/mol. The van der Waals surface area contributed by atoms with Gasteiger partial charge in [0.1, 0.15) is 0 Å².